The molecule has 18 nitrogen and oxygen atoms in total. The number of amides is 1. The molecule has 1 amide bonds. The van der Waals surface area contributed by atoms with Crippen molar-refractivity contribution in [1.29, 1.82) is 0 Å². The largest absolute Gasteiger partial charge is 0.444 e. The van der Waals surface area contributed by atoms with E-state index in [1.54, 1.807) is 4.90 Å². The van der Waals surface area contributed by atoms with Crippen LogP contribution in [0.1, 0.15) is 88.2 Å². The number of aromatic amines is 1. The van der Waals surface area contributed by atoms with Crippen LogP contribution >= 0.6 is 0 Å². The minimum absolute atomic E-state index is 0.0160. The quantitative estimate of drug-likeness (QED) is 0.0724. The Morgan fingerprint density at radius 3 is 1.97 bits per heavy atom. The molecule has 1 aliphatic heterocycles. The number of pyridine rings is 2. The summed E-state index contributed by atoms with van der Waals surface area (Å²) < 4.78 is 24.9. The number of aromatic nitrogens is 10. The summed E-state index contributed by atoms with van der Waals surface area (Å²) in [6.45, 7) is 22.9. The molecule has 3 N–H and O–H groups in total. The number of aryl methyl sites for hydroxylation is 4. The van der Waals surface area contributed by atoms with Crippen molar-refractivity contribution in [2.24, 2.45) is 0 Å². The van der Waals surface area contributed by atoms with Gasteiger partial charge >= 0.3 is 6.09 Å². The Balaban J connectivity index is 0.000000195. The molecular formula is C54H69N13O5Si. The van der Waals surface area contributed by atoms with E-state index in [2.05, 4.69) is 73.5 Å². The molecule has 0 radical (unpaired) electrons. The molecule has 384 valence electrons. The van der Waals surface area contributed by atoms with Crippen LogP contribution in [0.25, 0.3) is 67.5 Å². The van der Waals surface area contributed by atoms with Crippen molar-refractivity contribution in [2.45, 2.75) is 144 Å². The lowest BCUT2D eigenvalue weighted by molar-refractivity contribution is 0.0206. The molecule has 0 spiro atoms. The fourth-order valence-electron chi connectivity index (χ4n) is 9.31. The Hall–Kier alpha value is -6.99. The molecule has 10 rings (SSSR count). The monoisotopic (exact) mass is 1010 g/mol. The summed E-state index contributed by atoms with van der Waals surface area (Å²) in [6.07, 6.45) is 18.4. The number of carbonyl (C=O) groups excluding carboxylic acids is 1. The fraction of sp³-hybridized carbons (Fsp3) is 0.463. The van der Waals surface area contributed by atoms with E-state index in [1.807, 2.05) is 83.8 Å². The van der Waals surface area contributed by atoms with E-state index in [0.29, 0.717) is 61.6 Å². The number of hydrogen-bond acceptors (Lipinski definition) is 15. The number of H-pyrrole nitrogens is 1. The molecule has 2 fully saturated rings. The van der Waals surface area contributed by atoms with Crippen LogP contribution in [-0.4, -0.2) is 106 Å². The summed E-state index contributed by atoms with van der Waals surface area (Å²) in [4.78, 5) is 54.8. The molecule has 8 aromatic heterocycles. The number of oxazole rings is 2. The van der Waals surface area contributed by atoms with Crippen LogP contribution < -0.4 is 10.6 Å². The molecule has 1 saturated carbocycles. The van der Waals surface area contributed by atoms with Gasteiger partial charge in [0.15, 0.2) is 24.3 Å². The number of nitrogens with one attached hydrogen (secondary N) is 3. The topological polar surface area (TPSA) is 213 Å². The van der Waals surface area contributed by atoms with Gasteiger partial charge in [-0.15, -0.1) is 0 Å². The van der Waals surface area contributed by atoms with Gasteiger partial charge in [-0.3, -0.25) is 0 Å². The number of likely N-dealkylation sites (tertiary alicyclic amines) is 1. The fourth-order valence-corrected chi connectivity index (χ4v) is 10.1. The summed E-state index contributed by atoms with van der Waals surface area (Å²) in [5.74, 6) is 2.57. The second kappa shape index (κ2) is 21.6. The van der Waals surface area contributed by atoms with Crippen LogP contribution in [0.5, 0.6) is 0 Å². The van der Waals surface area contributed by atoms with E-state index in [-0.39, 0.29) is 12.1 Å². The van der Waals surface area contributed by atoms with Gasteiger partial charge in [0.2, 0.25) is 11.9 Å². The minimum Gasteiger partial charge on any atom is -0.444 e. The van der Waals surface area contributed by atoms with Gasteiger partial charge in [-0.2, -0.15) is 0 Å². The maximum Gasteiger partial charge on any atom is 0.410 e. The minimum atomic E-state index is -1.22. The number of ether oxygens (including phenoxy) is 2. The van der Waals surface area contributed by atoms with Crippen LogP contribution in [-0.2, 0) is 16.2 Å². The van der Waals surface area contributed by atoms with Crippen LogP contribution in [0.15, 0.2) is 70.7 Å². The van der Waals surface area contributed by atoms with Crippen LogP contribution in [0.2, 0.25) is 25.7 Å². The van der Waals surface area contributed by atoms with E-state index >= 15 is 0 Å². The van der Waals surface area contributed by atoms with Crippen molar-refractivity contribution in [3.8, 4) is 45.4 Å². The number of nitrogens with zero attached hydrogens (tertiary/aromatic N) is 10. The second-order valence-electron chi connectivity index (χ2n) is 21.6. The third-order valence-corrected chi connectivity index (χ3v) is 14.9. The van der Waals surface area contributed by atoms with Gasteiger partial charge in [-0.1, -0.05) is 38.9 Å². The molecule has 8 aromatic rings. The third-order valence-electron chi connectivity index (χ3n) is 13.2. The van der Waals surface area contributed by atoms with Crippen molar-refractivity contribution in [3.63, 3.8) is 0 Å². The zero-order chi connectivity index (χ0) is 51.4. The van der Waals surface area contributed by atoms with Gasteiger partial charge in [0.1, 0.15) is 35.0 Å². The lowest BCUT2D eigenvalue weighted by Gasteiger charge is -2.34. The highest BCUT2D eigenvalue weighted by molar-refractivity contribution is 6.76. The zero-order valence-electron chi connectivity index (χ0n) is 43.9. The first-order valence-corrected chi connectivity index (χ1v) is 29.2. The molecule has 9 heterocycles. The molecule has 0 bridgehead atoms. The average molecular weight is 1010 g/mol. The van der Waals surface area contributed by atoms with Crippen molar-refractivity contribution in [1.82, 2.24) is 54.3 Å². The number of rotatable bonds is 13. The predicted molar refractivity (Wildman–Crippen MR) is 287 cm³/mol. The molecular weight excluding hydrogens is 939 g/mol. The van der Waals surface area contributed by atoms with Crippen molar-refractivity contribution in [2.75, 3.05) is 30.3 Å². The SMILES string of the molecule is Cc1cnc(NC2CCCCC2)nc1-c1c[nH]c2nc(-c3ocnc3C)ccc12.Cc1cnc(N[C@H]2CCCN(C(=O)OC(C)(C)C)C2)nc1-c1cn(COCC[Si](C)(C)C)c2nc(-c3ocnc3C)ccc12. The first-order valence-electron chi connectivity index (χ1n) is 25.5. The smallest absolute Gasteiger partial charge is 0.410 e. The van der Waals surface area contributed by atoms with Crippen molar-refractivity contribution >= 4 is 48.1 Å². The Morgan fingerprint density at radius 2 is 1.36 bits per heavy atom. The molecule has 19 heteroatoms. The first-order chi connectivity index (χ1) is 35.0. The number of piperidine rings is 1. The standard InChI is InChI=1S/C32H45N7O4Si.C22H24N6O/c1-21-16-33-30(35-23-10-9-13-38(17-23)31(40)43-32(3,4)5)37-27(21)25-18-39(20-41-14-15-44(6,7)8)29-24(25)11-12-26(36-29)28-22(2)34-19-42-28;1-13-10-24-22(26-15-6-4-3-5-7-15)28-19(13)17-11-23-21-16(17)8-9-18(27-21)20-14(2)25-12-29-20/h11-12,16,18-19,23H,9-10,13-15,17,20H2,1-8H3,(H,33,35,37);8-12,15H,3-7H2,1-2H3,(H,23,27)(H,24,26,28)/t23-;/m0./s1. The Bertz CT molecular complexity index is 3190. The molecule has 1 atom stereocenters. The highest BCUT2D eigenvalue weighted by atomic mass is 28.3. The van der Waals surface area contributed by atoms with Crippen LogP contribution in [0, 0.1) is 27.7 Å². The Morgan fingerprint density at radius 1 is 0.753 bits per heavy atom. The van der Waals surface area contributed by atoms with Gasteiger partial charge in [0.05, 0.1) is 22.8 Å². The van der Waals surface area contributed by atoms with Gasteiger partial charge in [0, 0.05) is 86.5 Å². The number of fused-ring (bicyclic) bond motifs is 2. The molecule has 0 unspecified atom stereocenters. The van der Waals surface area contributed by atoms with E-state index in [1.165, 1.54) is 44.9 Å². The normalized spacial score (nSPS) is 15.6. The molecule has 1 aliphatic carbocycles. The average Bonchev–Trinajstić information content (AvgIpc) is 4.17. The number of carbonyl (C=O) groups is 1. The van der Waals surface area contributed by atoms with Gasteiger partial charge in [0.25, 0.3) is 0 Å². The summed E-state index contributed by atoms with van der Waals surface area (Å²) in [7, 11) is -1.22. The molecule has 1 saturated heterocycles. The highest BCUT2D eigenvalue weighted by Crippen LogP contribution is 2.35. The summed E-state index contributed by atoms with van der Waals surface area (Å²) in [6, 6.07) is 9.60. The number of anilines is 2. The van der Waals surface area contributed by atoms with Crippen LogP contribution in [0.3, 0.4) is 0 Å². The highest BCUT2D eigenvalue weighted by Gasteiger charge is 2.29. The van der Waals surface area contributed by atoms with Crippen molar-refractivity contribution in [3.05, 3.63) is 84.4 Å². The maximum absolute atomic E-state index is 12.7. The predicted octanol–water partition coefficient (Wildman–Crippen LogP) is 11.9. The van der Waals surface area contributed by atoms with Gasteiger partial charge < -0.3 is 43.4 Å². The van der Waals surface area contributed by atoms with Gasteiger partial charge in [-0.05, 0) is 116 Å². The lowest BCUT2D eigenvalue weighted by Crippen LogP contribution is -2.47. The lowest BCUT2D eigenvalue weighted by atomic mass is 9.96. The van der Waals surface area contributed by atoms with Gasteiger partial charge in [-0.25, -0.2) is 44.7 Å². The van der Waals surface area contributed by atoms with Crippen molar-refractivity contribution < 1.29 is 23.1 Å². The first kappa shape index (κ1) is 50.9. The van der Waals surface area contributed by atoms with E-state index < -0.39 is 13.7 Å². The summed E-state index contributed by atoms with van der Waals surface area (Å²) in [5.41, 5.74) is 9.85. The molecule has 0 aromatic carbocycles. The summed E-state index contributed by atoms with van der Waals surface area (Å²) in [5, 5.41) is 8.99. The second-order valence-corrected chi connectivity index (χ2v) is 27.2. The zero-order valence-corrected chi connectivity index (χ0v) is 44.9. The summed E-state index contributed by atoms with van der Waals surface area (Å²) >= 11 is 0. The van der Waals surface area contributed by atoms with E-state index in [4.69, 9.17) is 38.2 Å². The maximum atomic E-state index is 12.7. The number of hydrogen-bond donors (Lipinski definition) is 3. The molecule has 73 heavy (non-hydrogen) atoms. The third kappa shape index (κ3) is 12.3. The van der Waals surface area contributed by atoms with E-state index in [0.717, 1.165) is 91.7 Å². The molecule has 2 aliphatic rings. The Kier molecular flexibility index (Phi) is 15.1. The van der Waals surface area contributed by atoms with Crippen LogP contribution in [0.4, 0.5) is 16.7 Å². The van der Waals surface area contributed by atoms with E-state index in [9.17, 15) is 4.79 Å². The Labute approximate surface area is 427 Å².